The van der Waals surface area contributed by atoms with Crippen LogP contribution in [0.1, 0.15) is 70.5 Å². The van der Waals surface area contributed by atoms with Gasteiger partial charge in [0, 0.05) is 12.1 Å². The molecule has 36 heavy (non-hydrogen) atoms. The predicted molar refractivity (Wildman–Crippen MR) is 137 cm³/mol. The van der Waals surface area contributed by atoms with Crippen molar-refractivity contribution in [3.63, 3.8) is 0 Å². The number of nitrogens with two attached hydrogens (primary N) is 2. The van der Waals surface area contributed by atoms with Gasteiger partial charge >= 0.3 is 0 Å². The molecule has 1 unspecified atom stereocenters. The van der Waals surface area contributed by atoms with Crippen molar-refractivity contribution in [2.45, 2.75) is 52.2 Å². The number of carbonyl (C=O) groups is 3. The summed E-state index contributed by atoms with van der Waals surface area (Å²) in [7, 11) is 1.54. The Morgan fingerprint density at radius 1 is 1.25 bits per heavy atom. The van der Waals surface area contributed by atoms with Crippen LogP contribution in [0.25, 0.3) is 0 Å². The summed E-state index contributed by atoms with van der Waals surface area (Å²) in [5, 5.41) is 3.01. The van der Waals surface area contributed by atoms with E-state index in [1.54, 1.807) is 44.4 Å². The average molecular weight is 514 g/mol. The topological polar surface area (TPSA) is 154 Å². The van der Waals surface area contributed by atoms with Crippen LogP contribution in [0.4, 0.5) is 5.69 Å². The summed E-state index contributed by atoms with van der Waals surface area (Å²) in [6, 6.07) is 9.39. The number of primary amides is 1. The van der Waals surface area contributed by atoms with E-state index in [2.05, 4.69) is 9.69 Å². The number of methoxy groups -OCH3 is 1. The number of benzene rings is 1. The zero-order chi connectivity index (χ0) is 26.6. The summed E-state index contributed by atoms with van der Waals surface area (Å²) >= 11 is 0.752. The van der Waals surface area contributed by atoms with E-state index in [4.69, 9.17) is 20.6 Å². The largest absolute Gasteiger partial charge is 0.497 e. The number of amides is 3. The zero-order valence-electron chi connectivity index (χ0n) is 21.0. The molecular formula is C25H31N5O5S. The molecule has 0 radical (unpaired) electrons. The lowest BCUT2D eigenvalue weighted by Gasteiger charge is -2.33. The van der Waals surface area contributed by atoms with Crippen LogP contribution in [0.3, 0.4) is 0 Å². The Balaban J connectivity index is 2.15. The first-order valence-electron chi connectivity index (χ1n) is 11.3. The molecule has 11 heteroatoms. The monoisotopic (exact) mass is 513 g/mol. The molecule has 10 nitrogen and oxygen atoms in total. The standard InChI is InChI=1S/C25H31N5O5S/c1-6-25(3,4)28-23(32)20(17-11-10-14(2)35-17)30(13-15-8-7-9-16(12-15)34-5)24(33)21-18(26)19(22(27)31)29-36-21/h7-12,20H,6,13,26H2,1-5H3,(H2,27,31)(H,28,32). The van der Waals surface area contributed by atoms with Crippen molar-refractivity contribution in [1.29, 1.82) is 0 Å². The highest BCUT2D eigenvalue weighted by Gasteiger charge is 2.38. The highest BCUT2D eigenvalue weighted by atomic mass is 32.1. The van der Waals surface area contributed by atoms with Crippen LogP contribution in [-0.4, -0.2) is 39.6 Å². The van der Waals surface area contributed by atoms with Crippen LogP contribution in [0.5, 0.6) is 5.75 Å². The van der Waals surface area contributed by atoms with Crippen molar-refractivity contribution in [3.8, 4) is 5.75 Å². The third kappa shape index (κ3) is 5.85. The number of aryl methyl sites for hydroxylation is 1. The SMILES string of the molecule is CCC(C)(C)NC(=O)C(c1ccc(C)o1)N(Cc1cccc(OC)c1)C(=O)c1snc(C(N)=O)c1N. The molecule has 0 bridgehead atoms. The Morgan fingerprint density at radius 3 is 2.53 bits per heavy atom. The van der Waals surface area contributed by atoms with E-state index >= 15 is 0 Å². The molecule has 2 aromatic heterocycles. The number of hydrogen-bond acceptors (Lipinski definition) is 8. The van der Waals surface area contributed by atoms with Gasteiger partial charge in [-0.2, -0.15) is 4.37 Å². The molecule has 1 atom stereocenters. The average Bonchev–Trinajstić information content (AvgIpc) is 3.43. The number of anilines is 1. The molecule has 0 aliphatic rings. The predicted octanol–water partition coefficient (Wildman–Crippen LogP) is 3.42. The number of ether oxygens (including phenoxy) is 1. The first kappa shape index (κ1) is 26.7. The maximum absolute atomic E-state index is 13.9. The van der Waals surface area contributed by atoms with Crippen molar-refractivity contribution in [2.24, 2.45) is 5.73 Å². The van der Waals surface area contributed by atoms with Gasteiger partial charge in [0.15, 0.2) is 11.7 Å². The third-order valence-electron chi connectivity index (χ3n) is 5.84. The van der Waals surface area contributed by atoms with Gasteiger partial charge in [0.05, 0.1) is 12.8 Å². The lowest BCUT2D eigenvalue weighted by atomic mass is 10.0. The van der Waals surface area contributed by atoms with E-state index in [9.17, 15) is 14.4 Å². The smallest absolute Gasteiger partial charge is 0.270 e. The van der Waals surface area contributed by atoms with Gasteiger partial charge in [0.2, 0.25) is 0 Å². The number of furan rings is 1. The number of rotatable bonds is 10. The Morgan fingerprint density at radius 2 is 1.97 bits per heavy atom. The number of nitrogens with one attached hydrogen (secondary N) is 1. The van der Waals surface area contributed by atoms with Crippen LogP contribution in [0, 0.1) is 6.92 Å². The van der Waals surface area contributed by atoms with Gasteiger partial charge in [-0.3, -0.25) is 14.4 Å². The summed E-state index contributed by atoms with van der Waals surface area (Å²) < 4.78 is 15.1. The van der Waals surface area contributed by atoms with E-state index in [1.807, 2.05) is 26.8 Å². The van der Waals surface area contributed by atoms with E-state index < -0.39 is 29.3 Å². The fourth-order valence-electron chi connectivity index (χ4n) is 3.52. The van der Waals surface area contributed by atoms with Gasteiger partial charge in [-0.1, -0.05) is 19.1 Å². The quantitative estimate of drug-likeness (QED) is 0.375. The number of carbonyl (C=O) groups excluding carboxylic acids is 3. The summed E-state index contributed by atoms with van der Waals surface area (Å²) in [4.78, 5) is 40.7. The van der Waals surface area contributed by atoms with Crippen LogP contribution in [0.2, 0.25) is 0 Å². The highest BCUT2D eigenvalue weighted by molar-refractivity contribution is 7.09. The van der Waals surface area contributed by atoms with E-state index in [0.717, 1.165) is 11.5 Å². The van der Waals surface area contributed by atoms with Crippen molar-refractivity contribution >= 4 is 34.9 Å². The minimum atomic E-state index is -1.14. The van der Waals surface area contributed by atoms with Crippen molar-refractivity contribution < 1.29 is 23.5 Å². The van der Waals surface area contributed by atoms with Crippen LogP contribution in [0.15, 0.2) is 40.8 Å². The van der Waals surface area contributed by atoms with Gasteiger partial charge in [-0.25, -0.2) is 0 Å². The summed E-state index contributed by atoms with van der Waals surface area (Å²) in [6.45, 7) is 7.51. The minimum Gasteiger partial charge on any atom is -0.497 e. The summed E-state index contributed by atoms with van der Waals surface area (Å²) in [5.41, 5.74) is 11.3. The van der Waals surface area contributed by atoms with E-state index in [0.29, 0.717) is 23.5 Å². The molecule has 0 aliphatic heterocycles. The fraction of sp³-hybridized carbons (Fsp3) is 0.360. The van der Waals surface area contributed by atoms with Crippen LogP contribution >= 0.6 is 11.5 Å². The molecule has 2 heterocycles. The lowest BCUT2D eigenvalue weighted by Crippen LogP contribution is -2.50. The normalized spacial score (nSPS) is 12.1. The summed E-state index contributed by atoms with van der Waals surface area (Å²) in [6.07, 6.45) is 0.663. The van der Waals surface area contributed by atoms with Crippen LogP contribution < -0.4 is 21.5 Å². The number of nitrogens with zero attached hydrogens (tertiary/aromatic N) is 2. The van der Waals surface area contributed by atoms with Crippen molar-refractivity contribution in [1.82, 2.24) is 14.6 Å². The minimum absolute atomic E-state index is 0.00234. The summed E-state index contributed by atoms with van der Waals surface area (Å²) in [5.74, 6) is -0.404. The number of hydrogen-bond donors (Lipinski definition) is 3. The maximum atomic E-state index is 13.9. The van der Waals surface area contributed by atoms with Gasteiger partial charge < -0.3 is 30.8 Å². The molecule has 5 N–H and O–H groups in total. The van der Waals surface area contributed by atoms with Gasteiger partial charge in [0.25, 0.3) is 17.7 Å². The molecule has 0 aliphatic carbocycles. The van der Waals surface area contributed by atoms with Crippen molar-refractivity contribution in [2.75, 3.05) is 12.8 Å². The Labute approximate surface area is 213 Å². The fourth-order valence-corrected chi connectivity index (χ4v) is 4.28. The molecule has 0 spiro atoms. The zero-order valence-corrected chi connectivity index (χ0v) is 21.8. The molecule has 3 rings (SSSR count). The van der Waals surface area contributed by atoms with Crippen molar-refractivity contribution in [3.05, 3.63) is 64.1 Å². The maximum Gasteiger partial charge on any atom is 0.270 e. The molecule has 0 fully saturated rings. The molecule has 0 saturated heterocycles. The van der Waals surface area contributed by atoms with Gasteiger partial charge in [-0.05, 0) is 68.6 Å². The first-order valence-corrected chi connectivity index (χ1v) is 12.1. The Hall–Kier alpha value is -3.86. The second kappa shape index (κ2) is 10.8. The number of aromatic nitrogens is 1. The van der Waals surface area contributed by atoms with E-state index in [1.165, 1.54) is 4.90 Å². The Bertz CT molecular complexity index is 1270. The van der Waals surface area contributed by atoms with Gasteiger partial charge in [-0.15, -0.1) is 0 Å². The molecule has 0 saturated carbocycles. The van der Waals surface area contributed by atoms with E-state index in [-0.39, 0.29) is 28.6 Å². The van der Waals surface area contributed by atoms with Crippen LogP contribution in [-0.2, 0) is 11.3 Å². The third-order valence-corrected chi connectivity index (χ3v) is 6.69. The molecule has 192 valence electrons. The molecular weight excluding hydrogens is 482 g/mol. The second-order valence-corrected chi connectivity index (χ2v) is 9.77. The molecule has 3 aromatic rings. The first-order chi connectivity index (χ1) is 17.0. The molecule has 3 amide bonds. The van der Waals surface area contributed by atoms with Gasteiger partial charge in [0.1, 0.15) is 22.1 Å². The highest BCUT2D eigenvalue weighted by Crippen LogP contribution is 2.32. The number of nitrogen functional groups attached to an aromatic ring is 1. The second-order valence-electron chi connectivity index (χ2n) is 9.00. The lowest BCUT2D eigenvalue weighted by molar-refractivity contribution is -0.128. The molecule has 1 aromatic carbocycles. The Kier molecular flexibility index (Phi) is 8.03.